The average Bonchev–Trinajstić information content (AvgIpc) is 2.66. The van der Waals surface area contributed by atoms with Crippen LogP contribution in [0.1, 0.15) is 30.0 Å². The first-order chi connectivity index (χ1) is 12.9. The zero-order valence-electron chi connectivity index (χ0n) is 14.3. The third-order valence-corrected chi connectivity index (χ3v) is 4.95. The molecular formula is C18H16F3N5O. The van der Waals surface area contributed by atoms with Crippen LogP contribution in [0.4, 0.5) is 24.7 Å². The summed E-state index contributed by atoms with van der Waals surface area (Å²) < 4.78 is 42.9. The Labute approximate surface area is 153 Å². The van der Waals surface area contributed by atoms with Gasteiger partial charge < -0.3 is 15.4 Å². The highest BCUT2D eigenvalue weighted by molar-refractivity contribution is 5.91. The summed E-state index contributed by atoms with van der Waals surface area (Å²) in [7, 11) is 0. The summed E-state index contributed by atoms with van der Waals surface area (Å²) in [6.07, 6.45) is -1.26. The SMILES string of the molecule is N#Cc1c(N)nc2c(c1-c1cccnc1OCC(F)(F)F)N1CCC2CC1. The number of nitrogens with two attached hydrogens (primary N) is 1. The molecule has 1 fully saturated rings. The number of piperidine rings is 1. The lowest BCUT2D eigenvalue weighted by Crippen LogP contribution is -2.40. The summed E-state index contributed by atoms with van der Waals surface area (Å²) in [6, 6.07) is 5.24. The minimum absolute atomic E-state index is 0.0747. The predicted octanol–water partition coefficient (Wildman–Crippen LogP) is 3.24. The molecule has 5 rings (SSSR count). The van der Waals surface area contributed by atoms with Crippen molar-refractivity contribution < 1.29 is 17.9 Å². The van der Waals surface area contributed by atoms with E-state index in [9.17, 15) is 18.4 Å². The number of rotatable bonds is 3. The molecule has 0 aromatic carbocycles. The summed E-state index contributed by atoms with van der Waals surface area (Å²) in [5.74, 6) is 0.127. The molecule has 2 aromatic heterocycles. The molecule has 0 atom stereocenters. The van der Waals surface area contributed by atoms with Crippen LogP contribution in [-0.4, -0.2) is 35.8 Å². The molecule has 2 N–H and O–H groups in total. The van der Waals surface area contributed by atoms with Crippen molar-refractivity contribution in [3.8, 4) is 23.1 Å². The number of fused-ring (bicyclic) bond motifs is 2. The Morgan fingerprint density at radius 1 is 1.33 bits per heavy atom. The van der Waals surface area contributed by atoms with Gasteiger partial charge in [-0.15, -0.1) is 0 Å². The van der Waals surface area contributed by atoms with E-state index in [1.807, 2.05) is 0 Å². The lowest BCUT2D eigenvalue weighted by Gasteiger charge is -2.42. The zero-order valence-corrected chi connectivity index (χ0v) is 14.3. The van der Waals surface area contributed by atoms with Crippen molar-refractivity contribution in [3.63, 3.8) is 0 Å². The lowest BCUT2D eigenvalue weighted by molar-refractivity contribution is -0.154. The van der Waals surface area contributed by atoms with E-state index in [2.05, 4.69) is 20.9 Å². The van der Waals surface area contributed by atoms with Crippen LogP contribution in [0.2, 0.25) is 0 Å². The van der Waals surface area contributed by atoms with Crippen LogP contribution < -0.4 is 15.4 Å². The van der Waals surface area contributed by atoms with E-state index in [1.165, 1.54) is 6.20 Å². The van der Waals surface area contributed by atoms with Gasteiger partial charge in [0.05, 0.1) is 11.4 Å². The molecule has 2 bridgehead atoms. The highest BCUT2D eigenvalue weighted by Gasteiger charge is 2.37. The molecule has 0 amide bonds. The highest BCUT2D eigenvalue weighted by atomic mass is 19.4. The molecule has 0 spiro atoms. The molecule has 9 heteroatoms. The number of nitriles is 1. The Kier molecular flexibility index (Phi) is 4.06. The van der Waals surface area contributed by atoms with Crippen LogP contribution in [0.15, 0.2) is 18.3 Å². The Morgan fingerprint density at radius 2 is 2.07 bits per heavy atom. The number of aromatic nitrogens is 2. The molecule has 0 unspecified atom stereocenters. The van der Waals surface area contributed by atoms with E-state index in [-0.39, 0.29) is 23.2 Å². The number of pyridine rings is 2. The lowest BCUT2D eigenvalue weighted by atomic mass is 9.83. The monoisotopic (exact) mass is 375 g/mol. The van der Waals surface area contributed by atoms with Crippen LogP contribution in [-0.2, 0) is 0 Å². The van der Waals surface area contributed by atoms with E-state index in [0.29, 0.717) is 11.1 Å². The fourth-order valence-electron chi connectivity index (χ4n) is 3.82. The Hall–Kier alpha value is -3.02. The number of nitrogens with zero attached hydrogens (tertiary/aromatic N) is 4. The maximum Gasteiger partial charge on any atom is 0.422 e. The average molecular weight is 375 g/mol. The molecule has 27 heavy (non-hydrogen) atoms. The number of nitrogen functional groups attached to an aromatic ring is 1. The van der Waals surface area contributed by atoms with Crippen LogP contribution in [0.25, 0.3) is 11.1 Å². The molecule has 2 aromatic rings. The van der Waals surface area contributed by atoms with E-state index in [0.717, 1.165) is 37.3 Å². The molecular weight excluding hydrogens is 359 g/mol. The number of hydrogen-bond acceptors (Lipinski definition) is 6. The Bertz CT molecular complexity index is 930. The molecule has 0 aliphatic carbocycles. The highest BCUT2D eigenvalue weighted by Crippen LogP contribution is 2.49. The van der Waals surface area contributed by atoms with Gasteiger partial charge in [0, 0.05) is 36.3 Å². The Balaban J connectivity index is 1.92. The fraction of sp³-hybridized carbons (Fsp3) is 0.389. The van der Waals surface area contributed by atoms with Crippen molar-refractivity contribution in [2.75, 3.05) is 30.3 Å². The quantitative estimate of drug-likeness (QED) is 0.886. The number of hydrogen-bond donors (Lipinski definition) is 1. The van der Waals surface area contributed by atoms with Crippen molar-refractivity contribution in [1.82, 2.24) is 9.97 Å². The number of alkyl halides is 3. The van der Waals surface area contributed by atoms with Crippen molar-refractivity contribution in [1.29, 1.82) is 5.26 Å². The van der Waals surface area contributed by atoms with Crippen molar-refractivity contribution in [2.24, 2.45) is 0 Å². The molecule has 6 nitrogen and oxygen atoms in total. The number of ether oxygens (including phenoxy) is 1. The minimum atomic E-state index is -4.49. The van der Waals surface area contributed by atoms with E-state index >= 15 is 0 Å². The summed E-state index contributed by atoms with van der Waals surface area (Å²) in [5, 5.41) is 9.65. The Morgan fingerprint density at radius 3 is 2.74 bits per heavy atom. The first kappa shape index (κ1) is 17.4. The van der Waals surface area contributed by atoms with Crippen molar-refractivity contribution in [2.45, 2.75) is 24.9 Å². The minimum Gasteiger partial charge on any atom is -0.468 e. The van der Waals surface area contributed by atoms with Crippen LogP contribution in [0, 0.1) is 11.3 Å². The summed E-state index contributed by atoms with van der Waals surface area (Å²) in [6.45, 7) is 0.147. The van der Waals surface area contributed by atoms with Gasteiger partial charge in [-0.05, 0) is 25.0 Å². The van der Waals surface area contributed by atoms with Gasteiger partial charge in [-0.25, -0.2) is 9.97 Å². The van der Waals surface area contributed by atoms with E-state index in [1.54, 1.807) is 12.1 Å². The maximum atomic E-state index is 12.6. The smallest absolute Gasteiger partial charge is 0.422 e. The molecule has 1 saturated heterocycles. The molecule has 140 valence electrons. The van der Waals surface area contributed by atoms with Crippen molar-refractivity contribution >= 4 is 11.5 Å². The van der Waals surface area contributed by atoms with E-state index < -0.39 is 12.8 Å². The van der Waals surface area contributed by atoms with Gasteiger partial charge in [0.1, 0.15) is 17.5 Å². The second-order valence-corrected chi connectivity index (χ2v) is 6.61. The zero-order chi connectivity index (χ0) is 19.2. The molecule has 0 radical (unpaired) electrons. The van der Waals surface area contributed by atoms with E-state index in [4.69, 9.17) is 10.5 Å². The van der Waals surface area contributed by atoms with Gasteiger partial charge in [-0.3, -0.25) is 0 Å². The van der Waals surface area contributed by atoms with Gasteiger partial charge in [0.2, 0.25) is 5.88 Å². The van der Waals surface area contributed by atoms with Crippen LogP contribution in [0.5, 0.6) is 5.88 Å². The molecule has 3 aliphatic rings. The van der Waals surface area contributed by atoms with Crippen molar-refractivity contribution in [3.05, 3.63) is 29.6 Å². The fourth-order valence-corrected chi connectivity index (χ4v) is 3.82. The number of halogens is 3. The second-order valence-electron chi connectivity index (χ2n) is 6.61. The van der Waals surface area contributed by atoms with Crippen LogP contribution >= 0.6 is 0 Å². The standard InChI is InChI=1S/C18H16F3N5O/c19-18(20,21)9-27-17-11(2-1-5-24-17)13-12(8-22)16(23)25-14-10-3-6-26(7-4-10)15(13)14/h1-2,5,10H,3-4,6-7,9H2,(H2,23,25). The molecule has 5 heterocycles. The summed E-state index contributed by atoms with van der Waals surface area (Å²) in [4.78, 5) is 10.5. The van der Waals surface area contributed by atoms with Gasteiger partial charge >= 0.3 is 6.18 Å². The largest absolute Gasteiger partial charge is 0.468 e. The summed E-state index contributed by atoms with van der Waals surface area (Å²) in [5.41, 5.74) is 8.48. The summed E-state index contributed by atoms with van der Waals surface area (Å²) >= 11 is 0. The maximum absolute atomic E-state index is 12.6. The first-order valence-corrected chi connectivity index (χ1v) is 8.52. The van der Waals surface area contributed by atoms with Crippen LogP contribution in [0.3, 0.4) is 0 Å². The number of anilines is 2. The second kappa shape index (κ2) is 6.30. The molecule has 3 aliphatic heterocycles. The van der Waals surface area contributed by atoms with Gasteiger partial charge in [-0.1, -0.05) is 0 Å². The van der Waals surface area contributed by atoms with Gasteiger partial charge in [0.15, 0.2) is 6.61 Å². The predicted molar refractivity (Wildman–Crippen MR) is 92.3 cm³/mol. The van der Waals surface area contributed by atoms with Gasteiger partial charge in [0.25, 0.3) is 0 Å². The topological polar surface area (TPSA) is 88.1 Å². The normalized spacial score (nSPS) is 16.1. The first-order valence-electron chi connectivity index (χ1n) is 8.52. The third kappa shape index (κ3) is 3.01. The van der Waals surface area contributed by atoms with Gasteiger partial charge in [-0.2, -0.15) is 18.4 Å². The third-order valence-electron chi connectivity index (χ3n) is 4.95. The molecule has 0 saturated carbocycles.